The zero-order valence-corrected chi connectivity index (χ0v) is 13.4. The third kappa shape index (κ3) is 3.02. The molecule has 3 heterocycles. The number of pyridine rings is 2. The van der Waals surface area contributed by atoms with E-state index in [-0.39, 0.29) is 17.0 Å². The molecule has 0 aromatic carbocycles. The van der Waals surface area contributed by atoms with Gasteiger partial charge >= 0.3 is 5.16 Å². The van der Waals surface area contributed by atoms with Crippen LogP contribution in [0.5, 0.6) is 11.6 Å². The van der Waals surface area contributed by atoms with E-state index in [1.165, 1.54) is 19.2 Å². The van der Waals surface area contributed by atoms with Gasteiger partial charge in [-0.1, -0.05) is 0 Å². The van der Waals surface area contributed by atoms with Crippen LogP contribution in [0.15, 0.2) is 23.5 Å². The molecule has 1 N–H and O–H groups in total. The van der Waals surface area contributed by atoms with Crippen LogP contribution in [0.4, 0.5) is 0 Å². The topological polar surface area (TPSA) is 96.0 Å². The Morgan fingerprint density at radius 3 is 2.96 bits per heavy atom. The number of aromatic nitrogens is 4. The number of ether oxygens (including phenoxy) is 2. The van der Waals surface area contributed by atoms with Crippen LogP contribution in [-0.2, 0) is 16.9 Å². The molecule has 8 heteroatoms. The fraction of sp³-hybridized carbons (Fsp3) is 0.312. The molecule has 7 nitrogen and oxygen atoms in total. The zero-order chi connectivity index (χ0) is 25.8. The van der Waals surface area contributed by atoms with Gasteiger partial charge in [0.2, 0.25) is 5.88 Å². The fourth-order valence-corrected chi connectivity index (χ4v) is 2.64. The summed E-state index contributed by atoms with van der Waals surface area (Å²) >= 11 is -2.86. The standard InChI is InChI=1S/C16H18N4O3S/c1-9-7-17-12(10(2)14(9)23-4)8-24(21)16-18-11-5-6-13(22-3)19-15(11)20-16/h5-7H,8H2,1-4H3,(H,18,19,20)/i1D3,2D3,7D,8D2/hD. The number of hydrogen-bond acceptors (Lipinski definition) is 6. The zero-order valence-electron chi connectivity index (χ0n) is 22.6. The Balaban J connectivity index is 2.29. The highest BCUT2D eigenvalue weighted by molar-refractivity contribution is 7.90. The maximum Gasteiger partial charge on any atom is 0.323 e. The smallest absolute Gasteiger partial charge is 0.323 e. The minimum Gasteiger partial charge on any atom is -0.609 e. The molecule has 126 valence electrons. The number of nitrogens with zero attached hydrogens (tertiary/aromatic N) is 3. The van der Waals surface area contributed by atoms with E-state index in [1.807, 2.05) is 0 Å². The second kappa shape index (κ2) is 6.66. The van der Waals surface area contributed by atoms with Crippen LogP contribution in [0.25, 0.3) is 11.2 Å². The van der Waals surface area contributed by atoms with Crippen molar-refractivity contribution in [2.45, 2.75) is 24.6 Å². The molecule has 0 saturated carbocycles. The third-order valence-electron chi connectivity index (χ3n) is 2.99. The van der Waals surface area contributed by atoms with E-state index in [0.717, 1.165) is 7.11 Å². The van der Waals surface area contributed by atoms with Crippen LogP contribution in [0.2, 0.25) is 1.41 Å². The van der Waals surface area contributed by atoms with E-state index < -0.39 is 64.5 Å². The summed E-state index contributed by atoms with van der Waals surface area (Å²) in [4.78, 5) is 12.1. The number of nitrogens with one attached hydrogen (secondary N) is 1. The van der Waals surface area contributed by atoms with Gasteiger partial charge in [-0.05, 0) is 19.8 Å². The Labute approximate surface area is 156 Å². The molecule has 0 bridgehead atoms. The van der Waals surface area contributed by atoms with Crippen LogP contribution in [0, 0.1) is 13.7 Å². The summed E-state index contributed by atoms with van der Waals surface area (Å²) in [5.41, 5.74) is -5.89. The molecule has 0 aliphatic rings. The summed E-state index contributed by atoms with van der Waals surface area (Å²) in [6.07, 6.45) is -0.966. The van der Waals surface area contributed by atoms with Crippen molar-refractivity contribution >= 4 is 22.3 Å². The normalized spacial score (nSPS) is 20.1. The van der Waals surface area contributed by atoms with Crippen LogP contribution < -0.4 is 9.47 Å². The lowest BCUT2D eigenvalue weighted by Gasteiger charge is -2.13. The van der Waals surface area contributed by atoms with Gasteiger partial charge in [-0.25, -0.2) is 0 Å². The molecule has 3 aromatic rings. The average molecular weight is 356 g/mol. The predicted molar refractivity (Wildman–Crippen MR) is 90.8 cm³/mol. The highest BCUT2D eigenvalue weighted by atomic mass is 32.2. The average Bonchev–Trinajstić information content (AvgIpc) is 3.05. The molecule has 3 rings (SSSR count). The van der Waals surface area contributed by atoms with Gasteiger partial charge in [0.05, 0.1) is 29.5 Å². The number of imidazole rings is 1. The van der Waals surface area contributed by atoms with Gasteiger partial charge in [0, 0.05) is 42.8 Å². The van der Waals surface area contributed by atoms with E-state index >= 15 is 0 Å². The molecule has 0 fully saturated rings. The van der Waals surface area contributed by atoms with Crippen molar-refractivity contribution in [1.82, 2.24) is 19.9 Å². The number of fused-ring (bicyclic) bond motifs is 1. The molecule has 1 atom stereocenters. The summed E-state index contributed by atoms with van der Waals surface area (Å²) < 4.78 is 103. The Kier molecular flexibility index (Phi) is 2.27. The maximum atomic E-state index is 13.3. The highest BCUT2D eigenvalue weighted by Crippen LogP contribution is 2.26. The lowest BCUT2D eigenvalue weighted by atomic mass is 10.1. The molecule has 0 radical (unpaired) electrons. The van der Waals surface area contributed by atoms with E-state index in [1.54, 1.807) is 0 Å². The second-order valence-electron chi connectivity index (χ2n) is 4.43. The van der Waals surface area contributed by atoms with Crippen molar-refractivity contribution in [2.75, 3.05) is 14.2 Å². The van der Waals surface area contributed by atoms with E-state index in [0.29, 0.717) is 4.98 Å². The lowest BCUT2D eigenvalue weighted by molar-refractivity contribution is 0.399. The lowest BCUT2D eigenvalue weighted by Crippen LogP contribution is -2.10. The third-order valence-corrected chi connectivity index (χ3v) is 3.88. The monoisotopic (exact) mass is 356 g/mol. The molecule has 24 heavy (non-hydrogen) atoms. The number of methoxy groups -OCH3 is 2. The molecule has 0 amide bonds. The first-order valence-electron chi connectivity index (χ1n) is 11.4. The van der Waals surface area contributed by atoms with Crippen molar-refractivity contribution in [2.24, 2.45) is 0 Å². The van der Waals surface area contributed by atoms with Gasteiger partial charge in [0.15, 0.2) is 12.8 Å². The van der Waals surface area contributed by atoms with Crippen molar-refractivity contribution < 1.29 is 27.8 Å². The van der Waals surface area contributed by atoms with Crippen molar-refractivity contribution in [3.8, 4) is 11.6 Å². The molecule has 0 aliphatic heterocycles. The number of rotatable bonds is 5. The van der Waals surface area contributed by atoms with Crippen molar-refractivity contribution in [3.63, 3.8) is 0 Å². The summed E-state index contributed by atoms with van der Waals surface area (Å²) in [6, 6.07) is 2.80. The Bertz CT molecular complexity index is 1240. The first kappa shape index (κ1) is 8.17. The Hall–Kier alpha value is -2.32. The van der Waals surface area contributed by atoms with Crippen molar-refractivity contribution in [3.05, 3.63) is 35.1 Å². The summed E-state index contributed by atoms with van der Waals surface area (Å²) in [6.45, 7) is -6.16. The largest absolute Gasteiger partial charge is 0.609 e. The molecule has 0 saturated heterocycles. The second-order valence-corrected chi connectivity index (χ2v) is 5.54. The number of hydrogen-bond donors (Lipinski definition) is 1. The Morgan fingerprint density at radius 2 is 2.25 bits per heavy atom. The van der Waals surface area contributed by atoms with Crippen molar-refractivity contribution in [1.29, 1.82) is 0 Å². The molecular formula is C16H18N4O3S. The van der Waals surface area contributed by atoms with Gasteiger partial charge in [-0.15, -0.1) is 0 Å². The summed E-state index contributed by atoms with van der Waals surface area (Å²) in [5, 5.41) is -0.621. The summed E-state index contributed by atoms with van der Waals surface area (Å²) in [7, 11) is 2.32. The first-order valence-corrected chi connectivity index (χ1v) is 7.65. The molecule has 1 unspecified atom stereocenters. The minimum absolute atomic E-state index is 0.0699. The van der Waals surface area contributed by atoms with Crippen LogP contribution in [-0.4, -0.2) is 38.7 Å². The van der Waals surface area contributed by atoms with Gasteiger partial charge in [-0.3, -0.25) is 9.96 Å². The van der Waals surface area contributed by atoms with Gasteiger partial charge in [0.25, 0.3) is 0 Å². The first-order chi connectivity index (χ1) is 15.6. The predicted octanol–water partition coefficient (Wildman–Crippen LogP) is 2.29. The molecule has 3 aromatic heterocycles. The van der Waals surface area contributed by atoms with Crippen LogP contribution >= 0.6 is 0 Å². The van der Waals surface area contributed by atoms with Crippen LogP contribution in [0.1, 0.15) is 29.2 Å². The highest BCUT2D eigenvalue weighted by Gasteiger charge is 2.21. The summed E-state index contributed by atoms with van der Waals surface area (Å²) in [5.74, 6) is -0.636. The van der Waals surface area contributed by atoms with Gasteiger partial charge in [-0.2, -0.15) is 9.97 Å². The van der Waals surface area contributed by atoms with E-state index in [2.05, 4.69) is 15.0 Å². The van der Waals surface area contributed by atoms with Gasteiger partial charge < -0.3 is 14.0 Å². The van der Waals surface area contributed by atoms with E-state index in [4.69, 9.17) is 23.2 Å². The number of aromatic amines is 1. The maximum absolute atomic E-state index is 13.3. The number of H-pyrrole nitrogens is 1. The SMILES string of the molecule is [2H]c1nc(C([2H])([2H])[S+]([O-])c2nc3nc(OC)ccc3n2[2H])c(C([2H])([2H])[2H])c(OC)c1C([2H])([2H])[2H]. The molecule has 0 spiro atoms. The molecular weight excluding hydrogens is 328 g/mol. The fourth-order valence-electron chi connectivity index (χ4n) is 1.87. The minimum atomic E-state index is -3.16. The quantitative estimate of drug-likeness (QED) is 0.705. The molecule has 0 aliphatic carbocycles. The van der Waals surface area contributed by atoms with Gasteiger partial charge in [0.1, 0.15) is 5.75 Å². The van der Waals surface area contributed by atoms with Crippen LogP contribution in [0.3, 0.4) is 0 Å². The Morgan fingerprint density at radius 1 is 1.38 bits per heavy atom. The van der Waals surface area contributed by atoms with E-state index in [9.17, 15) is 4.55 Å².